The summed E-state index contributed by atoms with van der Waals surface area (Å²) in [7, 11) is 3.26. The van der Waals surface area contributed by atoms with E-state index in [9.17, 15) is 14.4 Å². The lowest BCUT2D eigenvalue weighted by Crippen LogP contribution is -2.26. The van der Waals surface area contributed by atoms with Gasteiger partial charge in [0.05, 0.1) is 17.8 Å². The van der Waals surface area contributed by atoms with Gasteiger partial charge in [-0.1, -0.05) is 5.21 Å². The molecular formula is C15H19N5O4S. The normalized spacial score (nSPS) is 10.4. The fourth-order valence-corrected chi connectivity index (χ4v) is 2.84. The van der Waals surface area contributed by atoms with Crippen molar-refractivity contribution in [3.63, 3.8) is 0 Å². The van der Waals surface area contributed by atoms with Crippen molar-refractivity contribution in [1.29, 1.82) is 0 Å². The Bertz CT molecular complexity index is 796. The van der Waals surface area contributed by atoms with Crippen LogP contribution in [-0.4, -0.2) is 58.4 Å². The Kier molecular flexibility index (Phi) is 5.86. The molecule has 25 heavy (non-hydrogen) atoms. The third-order valence-electron chi connectivity index (χ3n) is 3.18. The molecule has 0 spiro atoms. The standard InChI is InChI=1S/C15H19N5O4S/c1-5-24-15(23)13-9(2)6-11(25-13)16-14(22)10-7-20(18-17-10)8-12(21)19(3)4/h6-7H,5,8H2,1-4H3,(H,16,22). The van der Waals surface area contributed by atoms with Gasteiger partial charge in [-0.15, -0.1) is 16.4 Å². The van der Waals surface area contributed by atoms with Gasteiger partial charge in [0.25, 0.3) is 5.91 Å². The van der Waals surface area contributed by atoms with Crippen LogP contribution in [0.25, 0.3) is 0 Å². The van der Waals surface area contributed by atoms with Crippen molar-refractivity contribution in [2.24, 2.45) is 0 Å². The predicted molar refractivity (Wildman–Crippen MR) is 91.7 cm³/mol. The number of nitrogens with one attached hydrogen (secondary N) is 1. The minimum Gasteiger partial charge on any atom is -0.462 e. The third-order valence-corrected chi connectivity index (χ3v) is 4.32. The fourth-order valence-electron chi connectivity index (χ4n) is 1.88. The average molecular weight is 365 g/mol. The summed E-state index contributed by atoms with van der Waals surface area (Å²) in [6.45, 7) is 3.78. The number of thiophene rings is 1. The van der Waals surface area contributed by atoms with Crippen LogP contribution >= 0.6 is 11.3 Å². The molecule has 10 heteroatoms. The predicted octanol–water partition coefficient (Wildman–Crippen LogP) is 1.17. The van der Waals surface area contributed by atoms with E-state index >= 15 is 0 Å². The molecule has 9 nitrogen and oxygen atoms in total. The summed E-state index contributed by atoms with van der Waals surface area (Å²) in [5.41, 5.74) is 0.800. The van der Waals surface area contributed by atoms with Crippen molar-refractivity contribution in [3.05, 3.63) is 28.4 Å². The van der Waals surface area contributed by atoms with Crippen LogP contribution in [0, 0.1) is 6.92 Å². The van der Waals surface area contributed by atoms with Crippen LogP contribution in [-0.2, 0) is 16.1 Å². The largest absolute Gasteiger partial charge is 0.462 e. The molecule has 1 N–H and O–H groups in total. The minimum atomic E-state index is -0.472. The van der Waals surface area contributed by atoms with Crippen molar-refractivity contribution in [3.8, 4) is 0 Å². The number of aryl methyl sites for hydroxylation is 1. The second-order valence-electron chi connectivity index (χ2n) is 5.39. The molecule has 0 aliphatic heterocycles. The van der Waals surface area contributed by atoms with Gasteiger partial charge in [0, 0.05) is 14.1 Å². The molecule has 2 amide bonds. The van der Waals surface area contributed by atoms with E-state index in [1.165, 1.54) is 15.8 Å². The molecule has 0 radical (unpaired) electrons. The molecular weight excluding hydrogens is 346 g/mol. The van der Waals surface area contributed by atoms with E-state index in [1.807, 2.05) is 0 Å². The molecule has 0 bridgehead atoms. The Labute approximate surface area is 148 Å². The maximum atomic E-state index is 12.2. The SMILES string of the molecule is CCOC(=O)c1sc(NC(=O)c2cn(CC(=O)N(C)C)nn2)cc1C. The molecule has 2 aromatic rings. The van der Waals surface area contributed by atoms with Crippen molar-refractivity contribution >= 4 is 34.1 Å². The highest BCUT2D eigenvalue weighted by molar-refractivity contribution is 7.18. The highest BCUT2D eigenvalue weighted by atomic mass is 32.1. The van der Waals surface area contributed by atoms with E-state index in [1.54, 1.807) is 34.0 Å². The molecule has 0 saturated heterocycles. The van der Waals surface area contributed by atoms with Crippen LogP contribution in [0.2, 0.25) is 0 Å². The maximum absolute atomic E-state index is 12.2. The summed E-state index contributed by atoms with van der Waals surface area (Å²) in [6, 6.07) is 1.69. The average Bonchev–Trinajstić information content (AvgIpc) is 3.14. The van der Waals surface area contributed by atoms with Crippen molar-refractivity contribution in [2.45, 2.75) is 20.4 Å². The van der Waals surface area contributed by atoms with E-state index < -0.39 is 11.9 Å². The van der Waals surface area contributed by atoms with Gasteiger partial charge in [0.15, 0.2) is 5.69 Å². The van der Waals surface area contributed by atoms with Gasteiger partial charge in [-0.25, -0.2) is 9.48 Å². The van der Waals surface area contributed by atoms with Crippen LogP contribution in [0.4, 0.5) is 5.00 Å². The molecule has 0 aliphatic carbocycles. The number of hydrogen-bond acceptors (Lipinski definition) is 7. The molecule has 0 unspecified atom stereocenters. The van der Waals surface area contributed by atoms with Crippen LogP contribution in [0.1, 0.15) is 32.6 Å². The number of carbonyl (C=O) groups is 3. The zero-order chi connectivity index (χ0) is 18.6. The molecule has 0 aromatic carbocycles. The number of amides is 2. The van der Waals surface area contributed by atoms with Gasteiger partial charge in [0.1, 0.15) is 11.4 Å². The van der Waals surface area contributed by atoms with Gasteiger partial charge in [0.2, 0.25) is 5.91 Å². The number of nitrogens with zero attached hydrogens (tertiary/aromatic N) is 4. The first-order valence-corrected chi connectivity index (χ1v) is 8.32. The summed E-state index contributed by atoms with van der Waals surface area (Å²) in [5, 5.41) is 10.7. The van der Waals surface area contributed by atoms with Crippen LogP contribution in [0.5, 0.6) is 0 Å². The smallest absolute Gasteiger partial charge is 0.348 e. The third kappa shape index (κ3) is 4.63. The first-order chi connectivity index (χ1) is 11.8. The lowest BCUT2D eigenvalue weighted by Gasteiger charge is -2.08. The fraction of sp³-hybridized carbons (Fsp3) is 0.400. The monoisotopic (exact) mass is 365 g/mol. The van der Waals surface area contributed by atoms with E-state index in [0.29, 0.717) is 9.88 Å². The van der Waals surface area contributed by atoms with Gasteiger partial charge in [-0.05, 0) is 25.5 Å². The first-order valence-electron chi connectivity index (χ1n) is 7.51. The lowest BCUT2D eigenvalue weighted by atomic mass is 10.3. The molecule has 0 atom stereocenters. The summed E-state index contributed by atoms with van der Waals surface area (Å²) in [4.78, 5) is 37.5. The van der Waals surface area contributed by atoms with E-state index in [0.717, 1.165) is 16.9 Å². The number of anilines is 1. The Morgan fingerprint density at radius 3 is 2.72 bits per heavy atom. The highest BCUT2D eigenvalue weighted by Gasteiger charge is 2.18. The Morgan fingerprint density at radius 2 is 2.08 bits per heavy atom. The Balaban J connectivity index is 2.05. The number of esters is 1. The van der Waals surface area contributed by atoms with E-state index in [-0.39, 0.29) is 24.8 Å². The molecule has 0 aliphatic rings. The second kappa shape index (κ2) is 7.88. The molecule has 134 valence electrons. The molecule has 2 aromatic heterocycles. The topological polar surface area (TPSA) is 106 Å². The molecule has 0 fully saturated rings. The quantitative estimate of drug-likeness (QED) is 0.770. The van der Waals surface area contributed by atoms with Crippen LogP contribution < -0.4 is 5.32 Å². The first kappa shape index (κ1) is 18.6. The lowest BCUT2D eigenvalue weighted by molar-refractivity contribution is -0.129. The minimum absolute atomic E-state index is 0.00159. The van der Waals surface area contributed by atoms with Gasteiger partial charge in [-0.2, -0.15) is 0 Å². The van der Waals surface area contributed by atoms with E-state index in [4.69, 9.17) is 4.74 Å². The van der Waals surface area contributed by atoms with Crippen molar-refractivity contribution < 1.29 is 19.1 Å². The molecule has 2 rings (SSSR count). The second-order valence-corrected chi connectivity index (χ2v) is 6.44. The van der Waals surface area contributed by atoms with Gasteiger partial charge >= 0.3 is 5.97 Å². The van der Waals surface area contributed by atoms with E-state index in [2.05, 4.69) is 15.6 Å². The van der Waals surface area contributed by atoms with Gasteiger partial charge in [-0.3, -0.25) is 9.59 Å². The highest BCUT2D eigenvalue weighted by Crippen LogP contribution is 2.27. The Morgan fingerprint density at radius 1 is 1.36 bits per heavy atom. The summed E-state index contributed by atoms with van der Waals surface area (Å²) in [6.07, 6.45) is 1.39. The summed E-state index contributed by atoms with van der Waals surface area (Å²) >= 11 is 1.13. The molecule has 0 saturated carbocycles. The summed E-state index contributed by atoms with van der Waals surface area (Å²) < 4.78 is 6.26. The number of likely N-dealkylation sites (N-methyl/N-ethyl adjacent to an activating group) is 1. The van der Waals surface area contributed by atoms with Crippen molar-refractivity contribution in [2.75, 3.05) is 26.0 Å². The number of hydrogen-bond donors (Lipinski definition) is 1. The van der Waals surface area contributed by atoms with Crippen LogP contribution in [0.15, 0.2) is 12.3 Å². The number of rotatable bonds is 6. The number of aromatic nitrogens is 3. The van der Waals surface area contributed by atoms with Crippen LogP contribution in [0.3, 0.4) is 0 Å². The Hall–Kier alpha value is -2.75. The molecule has 2 heterocycles. The zero-order valence-electron chi connectivity index (χ0n) is 14.4. The summed E-state index contributed by atoms with van der Waals surface area (Å²) in [5.74, 6) is -1.05. The van der Waals surface area contributed by atoms with Gasteiger partial charge < -0.3 is 15.0 Å². The maximum Gasteiger partial charge on any atom is 0.348 e. The number of ether oxygens (including phenoxy) is 1. The van der Waals surface area contributed by atoms with Crippen molar-refractivity contribution in [1.82, 2.24) is 19.9 Å². The number of carbonyl (C=O) groups excluding carboxylic acids is 3. The zero-order valence-corrected chi connectivity index (χ0v) is 15.2.